The maximum atomic E-state index is 11.5. The molecule has 14 heavy (non-hydrogen) atoms. The standard InChI is InChI=1S/C10H20N2O2/c1-8(2)3-4-12-9(5-11)6-14-7-10(12)13/h8-9H,3-7,11H2,1-2H3. The van der Waals surface area contributed by atoms with Gasteiger partial charge in [-0.2, -0.15) is 0 Å². The van der Waals surface area contributed by atoms with Crippen LogP contribution in [0.2, 0.25) is 0 Å². The summed E-state index contributed by atoms with van der Waals surface area (Å²) in [6.07, 6.45) is 1.03. The van der Waals surface area contributed by atoms with E-state index in [0.29, 0.717) is 19.1 Å². The second kappa shape index (κ2) is 5.32. The molecule has 0 saturated carbocycles. The molecule has 0 radical (unpaired) electrons. The lowest BCUT2D eigenvalue weighted by Gasteiger charge is -2.35. The van der Waals surface area contributed by atoms with E-state index in [2.05, 4.69) is 13.8 Å². The van der Waals surface area contributed by atoms with Gasteiger partial charge in [0.2, 0.25) is 5.91 Å². The van der Waals surface area contributed by atoms with Crippen LogP contribution in [0.1, 0.15) is 20.3 Å². The molecule has 1 saturated heterocycles. The largest absolute Gasteiger partial charge is 0.369 e. The molecule has 0 aromatic rings. The molecular weight excluding hydrogens is 180 g/mol. The van der Waals surface area contributed by atoms with Crippen molar-refractivity contribution in [2.75, 3.05) is 26.3 Å². The number of amides is 1. The summed E-state index contributed by atoms with van der Waals surface area (Å²) in [5.74, 6) is 0.691. The first-order chi connectivity index (χ1) is 6.65. The van der Waals surface area contributed by atoms with Crippen molar-refractivity contribution in [3.63, 3.8) is 0 Å². The highest BCUT2D eigenvalue weighted by molar-refractivity contribution is 5.78. The Morgan fingerprint density at radius 2 is 2.36 bits per heavy atom. The van der Waals surface area contributed by atoms with E-state index in [0.717, 1.165) is 13.0 Å². The minimum atomic E-state index is 0.0763. The van der Waals surface area contributed by atoms with Crippen molar-refractivity contribution >= 4 is 5.91 Å². The van der Waals surface area contributed by atoms with Gasteiger partial charge < -0.3 is 15.4 Å². The number of hydrogen-bond donors (Lipinski definition) is 1. The summed E-state index contributed by atoms with van der Waals surface area (Å²) < 4.78 is 5.15. The summed E-state index contributed by atoms with van der Waals surface area (Å²) in [7, 11) is 0. The van der Waals surface area contributed by atoms with Crippen LogP contribution in [0.4, 0.5) is 0 Å². The van der Waals surface area contributed by atoms with Crippen molar-refractivity contribution in [2.24, 2.45) is 11.7 Å². The lowest BCUT2D eigenvalue weighted by molar-refractivity contribution is -0.147. The van der Waals surface area contributed by atoms with Crippen LogP contribution >= 0.6 is 0 Å². The first-order valence-electron chi connectivity index (χ1n) is 5.22. The van der Waals surface area contributed by atoms with Gasteiger partial charge in [0.25, 0.3) is 0 Å². The van der Waals surface area contributed by atoms with Crippen LogP contribution in [0.3, 0.4) is 0 Å². The van der Waals surface area contributed by atoms with Crippen molar-refractivity contribution in [3.8, 4) is 0 Å². The molecule has 1 fully saturated rings. The molecule has 0 aliphatic carbocycles. The summed E-state index contributed by atoms with van der Waals surface area (Å²) in [6, 6.07) is 0.0787. The van der Waals surface area contributed by atoms with E-state index >= 15 is 0 Å². The molecule has 0 spiro atoms. The maximum absolute atomic E-state index is 11.5. The number of morpholine rings is 1. The minimum Gasteiger partial charge on any atom is -0.369 e. The third-order valence-electron chi connectivity index (χ3n) is 2.52. The van der Waals surface area contributed by atoms with Gasteiger partial charge >= 0.3 is 0 Å². The van der Waals surface area contributed by atoms with Gasteiger partial charge in [-0.05, 0) is 12.3 Å². The molecule has 4 nitrogen and oxygen atoms in total. The van der Waals surface area contributed by atoms with Crippen LogP contribution in [-0.4, -0.2) is 43.2 Å². The fourth-order valence-electron chi connectivity index (χ4n) is 1.56. The summed E-state index contributed by atoms with van der Waals surface area (Å²) in [4.78, 5) is 13.4. The van der Waals surface area contributed by atoms with E-state index in [1.807, 2.05) is 4.90 Å². The molecule has 0 aromatic heterocycles. The Balaban J connectivity index is 2.46. The number of carbonyl (C=O) groups excluding carboxylic acids is 1. The molecule has 1 unspecified atom stereocenters. The molecule has 0 bridgehead atoms. The van der Waals surface area contributed by atoms with Crippen LogP contribution in [0, 0.1) is 5.92 Å². The number of nitrogens with two attached hydrogens (primary N) is 1. The zero-order chi connectivity index (χ0) is 10.6. The highest BCUT2D eigenvalue weighted by Gasteiger charge is 2.27. The van der Waals surface area contributed by atoms with Crippen molar-refractivity contribution in [3.05, 3.63) is 0 Å². The normalized spacial score (nSPS) is 23.3. The molecule has 82 valence electrons. The third-order valence-corrected chi connectivity index (χ3v) is 2.52. The van der Waals surface area contributed by atoms with Gasteiger partial charge in [-0.3, -0.25) is 4.79 Å². The Bertz CT molecular complexity index is 195. The number of hydrogen-bond acceptors (Lipinski definition) is 3. The second-order valence-corrected chi connectivity index (χ2v) is 4.17. The SMILES string of the molecule is CC(C)CCN1C(=O)COCC1CN. The second-order valence-electron chi connectivity index (χ2n) is 4.17. The average Bonchev–Trinajstić information content (AvgIpc) is 2.15. The molecule has 1 atom stereocenters. The lowest BCUT2D eigenvalue weighted by Crippen LogP contribution is -2.53. The van der Waals surface area contributed by atoms with E-state index in [9.17, 15) is 4.79 Å². The Morgan fingerprint density at radius 3 is 2.93 bits per heavy atom. The summed E-state index contributed by atoms with van der Waals surface area (Å²) in [5.41, 5.74) is 5.59. The van der Waals surface area contributed by atoms with Crippen LogP contribution in [-0.2, 0) is 9.53 Å². The molecule has 1 heterocycles. The number of nitrogens with zero attached hydrogens (tertiary/aromatic N) is 1. The van der Waals surface area contributed by atoms with Gasteiger partial charge in [0.15, 0.2) is 0 Å². The van der Waals surface area contributed by atoms with Crippen LogP contribution in [0.25, 0.3) is 0 Å². The first-order valence-corrected chi connectivity index (χ1v) is 5.22. The number of rotatable bonds is 4. The van der Waals surface area contributed by atoms with Crippen molar-refractivity contribution in [2.45, 2.75) is 26.3 Å². The predicted octanol–water partition coefficient (Wildman–Crippen LogP) is 0.219. The van der Waals surface area contributed by atoms with Gasteiger partial charge in [0.05, 0.1) is 12.6 Å². The van der Waals surface area contributed by atoms with Gasteiger partial charge in [0, 0.05) is 13.1 Å². The third kappa shape index (κ3) is 2.96. The molecular formula is C10H20N2O2. The summed E-state index contributed by atoms with van der Waals surface area (Å²) in [5, 5.41) is 0. The zero-order valence-corrected chi connectivity index (χ0v) is 9.03. The van der Waals surface area contributed by atoms with Crippen molar-refractivity contribution in [1.82, 2.24) is 4.90 Å². The van der Waals surface area contributed by atoms with Crippen LogP contribution < -0.4 is 5.73 Å². The first kappa shape index (κ1) is 11.5. The maximum Gasteiger partial charge on any atom is 0.248 e. The molecule has 1 rings (SSSR count). The number of carbonyl (C=O) groups is 1. The fourth-order valence-corrected chi connectivity index (χ4v) is 1.56. The van der Waals surface area contributed by atoms with E-state index in [1.165, 1.54) is 0 Å². The lowest BCUT2D eigenvalue weighted by atomic mass is 10.1. The summed E-state index contributed by atoms with van der Waals surface area (Å²) in [6.45, 7) is 6.41. The predicted molar refractivity (Wildman–Crippen MR) is 54.8 cm³/mol. The number of ether oxygens (including phenoxy) is 1. The smallest absolute Gasteiger partial charge is 0.248 e. The van der Waals surface area contributed by atoms with E-state index in [4.69, 9.17) is 10.5 Å². The molecule has 4 heteroatoms. The average molecular weight is 200 g/mol. The van der Waals surface area contributed by atoms with Crippen molar-refractivity contribution < 1.29 is 9.53 Å². The van der Waals surface area contributed by atoms with Gasteiger partial charge in [-0.1, -0.05) is 13.8 Å². The van der Waals surface area contributed by atoms with Gasteiger partial charge in [-0.25, -0.2) is 0 Å². The molecule has 2 N–H and O–H groups in total. The Morgan fingerprint density at radius 1 is 1.64 bits per heavy atom. The van der Waals surface area contributed by atoms with Crippen molar-refractivity contribution in [1.29, 1.82) is 0 Å². The zero-order valence-electron chi connectivity index (χ0n) is 9.03. The Hall–Kier alpha value is -0.610. The monoisotopic (exact) mass is 200 g/mol. The van der Waals surface area contributed by atoms with Gasteiger partial charge in [-0.15, -0.1) is 0 Å². The highest BCUT2D eigenvalue weighted by atomic mass is 16.5. The minimum absolute atomic E-state index is 0.0763. The Labute approximate surface area is 85.4 Å². The fraction of sp³-hybridized carbons (Fsp3) is 0.900. The van der Waals surface area contributed by atoms with E-state index in [-0.39, 0.29) is 18.6 Å². The van der Waals surface area contributed by atoms with E-state index in [1.54, 1.807) is 0 Å². The molecule has 0 aromatic carbocycles. The molecule has 1 aliphatic rings. The Kier molecular flexibility index (Phi) is 4.35. The molecule has 1 aliphatic heterocycles. The molecule has 1 amide bonds. The highest BCUT2D eigenvalue weighted by Crippen LogP contribution is 2.10. The topological polar surface area (TPSA) is 55.6 Å². The summed E-state index contributed by atoms with van der Waals surface area (Å²) >= 11 is 0. The van der Waals surface area contributed by atoms with Gasteiger partial charge in [0.1, 0.15) is 6.61 Å². The van der Waals surface area contributed by atoms with Crippen LogP contribution in [0.15, 0.2) is 0 Å². The van der Waals surface area contributed by atoms with Crippen LogP contribution in [0.5, 0.6) is 0 Å². The van der Waals surface area contributed by atoms with E-state index < -0.39 is 0 Å². The quantitative estimate of drug-likeness (QED) is 0.706.